The van der Waals surface area contributed by atoms with Crippen molar-refractivity contribution in [1.29, 1.82) is 0 Å². The molecule has 0 spiro atoms. The van der Waals surface area contributed by atoms with Crippen LogP contribution < -0.4 is 11.1 Å². The molecular weight excluding hydrogens is 254 g/mol. The molecule has 0 aliphatic carbocycles. The minimum atomic E-state index is -0.489. The first-order chi connectivity index (χ1) is 9.49. The van der Waals surface area contributed by atoms with Gasteiger partial charge in [-0.15, -0.1) is 10.2 Å². The van der Waals surface area contributed by atoms with Crippen LogP contribution in [-0.4, -0.2) is 26.5 Å². The van der Waals surface area contributed by atoms with E-state index < -0.39 is 6.04 Å². The average Bonchev–Trinajstić information content (AvgIpc) is 2.81. The summed E-state index contributed by atoms with van der Waals surface area (Å²) in [6, 6.07) is 4.94. The number of hydrogen-bond donors (Lipinski definition) is 2. The van der Waals surface area contributed by atoms with E-state index >= 15 is 0 Å². The minimum Gasteiger partial charge on any atom is -0.345 e. The van der Waals surface area contributed by atoms with E-state index in [1.807, 2.05) is 49.6 Å². The summed E-state index contributed by atoms with van der Waals surface area (Å²) in [7, 11) is 0. The van der Waals surface area contributed by atoms with Crippen molar-refractivity contribution in [3.63, 3.8) is 0 Å². The number of aromatic nitrogens is 3. The highest BCUT2D eigenvalue weighted by atomic mass is 16.2. The second kappa shape index (κ2) is 6.00. The second-order valence-corrected chi connectivity index (χ2v) is 5.45. The predicted molar refractivity (Wildman–Crippen MR) is 77.0 cm³/mol. The number of rotatable bonds is 5. The Bertz CT molecular complexity index is 592. The average molecular weight is 275 g/mol. The van der Waals surface area contributed by atoms with Gasteiger partial charge in [0.25, 0.3) is 0 Å². The fourth-order valence-electron chi connectivity index (χ4n) is 2.16. The Morgan fingerprint density at radius 1 is 1.35 bits per heavy atom. The number of amides is 1. The van der Waals surface area contributed by atoms with Crippen molar-refractivity contribution in [2.75, 3.05) is 0 Å². The molecule has 0 saturated carbocycles. The molecule has 20 heavy (non-hydrogen) atoms. The van der Waals surface area contributed by atoms with Gasteiger partial charge in [0.1, 0.15) is 0 Å². The van der Waals surface area contributed by atoms with Crippen LogP contribution in [0.15, 0.2) is 24.4 Å². The molecule has 0 aliphatic rings. The highest BCUT2D eigenvalue weighted by Gasteiger charge is 2.20. The zero-order valence-corrected chi connectivity index (χ0v) is 12.1. The molecule has 0 bridgehead atoms. The van der Waals surface area contributed by atoms with Crippen molar-refractivity contribution >= 4 is 11.6 Å². The lowest BCUT2D eigenvalue weighted by atomic mass is 10.0. The summed E-state index contributed by atoms with van der Waals surface area (Å²) in [5.41, 5.74) is 6.64. The van der Waals surface area contributed by atoms with Crippen molar-refractivity contribution in [3.8, 4) is 0 Å². The van der Waals surface area contributed by atoms with Gasteiger partial charge in [-0.3, -0.25) is 9.20 Å². The molecule has 0 radical (unpaired) electrons. The van der Waals surface area contributed by atoms with Crippen LogP contribution in [-0.2, 0) is 4.79 Å². The Hall–Kier alpha value is -1.95. The van der Waals surface area contributed by atoms with Gasteiger partial charge in [-0.05, 0) is 31.4 Å². The quantitative estimate of drug-likeness (QED) is 0.860. The van der Waals surface area contributed by atoms with E-state index in [1.54, 1.807) is 0 Å². The molecule has 0 aromatic carbocycles. The van der Waals surface area contributed by atoms with Crippen LogP contribution in [0.25, 0.3) is 5.65 Å². The van der Waals surface area contributed by atoms with Crippen LogP contribution in [0.1, 0.15) is 39.1 Å². The lowest BCUT2D eigenvalue weighted by Gasteiger charge is -2.17. The fraction of sp³-hybridized carbons (Fsp3) is 0.500. The van der Waals surface area contributed by atoms with Gasteiger partial charge in [0.15, 0.2) is 11.5 Å². The first-order valence-corrected chi connectivity index (χ1v) is 6.84. The highest BCUT2D eigenvalue weighted by Crippen LogP contribution is 2.12. The molecule has 0 aliphatic heterocycles. The standard InChI is InChI=1S/C14H21N5O/c1-9(2)8-11(15)14(20)16-10(3)13-18-17-12-6-4-5-7-19(12)13/h4-7,9-11H,8,15H2,1-3H3,(H,16,20)/t10?,11-/m1/s1. The van der Waals surface area contributed by atoms with Gasteiger partial charge in [-0.25, -0.2) is 0 Å². The molecule has 3 N–H and O–H groups in total. The number of pyridine rings is 1. The first kappa shape index (κ1) is 14.5. The molecule has 2 heterocycles. The van der Waals surface area contributed by atoms with Gasteiger partial charge in [-0.2, -0.15) is 0 Å². The summed E-state index contributed by atoms with van der Waals surface area (Å²) in [6.07, 6.45) is 2.54. The summed E-state index contributed by atoms with van der Waals surface area (Å²) in [5, 5.41) is 11.1. The van der Waals surface area contributed by atoms with Crippen molar-refractivity contribution < 1.29 is 4.79 Å². The van der Waals surface area contributed by atoms with E-state index in [0.29, 0.717) is 18.2 Å². The van der Waals surface area contributed by atoms with Crippen molar-refractivity contribution in [2.24, 2.45) is 11.7 Å². The number of fused-ring (bicyclic) bond motifs is 1. The Kier molecular flexibility index (Phi) is 4.34. The van der Waals surface area contributed by atoms with E-state index in [4.69, 9.17) is 5.73 Å². The molecule has 108 valence electrons. The summed E-state index contributed by atoms with van der Waals surface area (Å²) < 4.78 is 1.86. The summed E-state index contributed by atoms with van der Waals surface area (Å²) in [6.45, 7) is 5.97. The van der Waals surface area contributed by atoms with Crippen molar-refractivity contribution in [3.05, 3.63) is 30.2 Å². The van der Waals surface area contributed by atoms with Crippen LogP contribution in [0.5, 0.6) is 0 Å². The highest BCUT2D eigenvalue weighted by molar-refractivity contribution is 5.81. The number of hydrogen-bond acceptors (Lipinski definition) is 4. The molecule has 2 aromatic rings. The number of nitrogens with zero attached hydrogens (tertiary/aromatic N) is 3. The molecule has 2 aromatic heterocycles. The van der Waals surface area contributed by atoms with Gasteiger partial charge in [-0.1, -0.05) is 19.9 Å². The molecule has 2 rings (SSSR count). The minimum absolute atomic E-state index is 0.154. The third-order valence-corrected chi connectivity index (χ3v) is 3.15. The summed E-state index contributed by atoms with van der Waals surface area (Å²) >= 11 is 0. The van der Waals surface area contributed by atoms with Gasteiger partial charge >= 0.3 is 0 Å². The van der Waals surface area contributed by atoms with Crippen LogP contribution in [0.4, 0.5) is 0 Å². The molecule has 1 unspecified atom stereocenters. The van der Waals surface area contributed by atoms with E-state index in [2.05, 4.69) is 15.5 Å². The van der Waals surface area contributed by atoms with Gasteiger partial charge in [0.05, 0.1) is 12.1 Å². The molecule has 1 amide bonds. The van der Waals surface area contributed by atoms with E-state index in [9.17, 15) is 4.79 Å². The number of nitrogens with one attached hydrogen (secondary N) is 1. The van der Waals surface area contributed by atoms with Crippen LogP contribution >= 0.6 is 0 Å². The predicted octanol–water partition coefficient (Wildman–Crippen LogP) is 1.28. The molecular formula is C14H21N5O. The van der Waals surface area contributed by atoms with Gasteiger partial charge in [0.2, 0.25) is 5.91 Å². The third-order valence-electron chi connectivity index (χ3n) is 3.15. The number of nitrogens with two attached hydrogens (primary N) is 1. The van der Waals surface area contributed by atoms with Crippen LogP contribution in [0, 0.1) is 5.92 Å². The van der Waals surface area contributed by atoms with Crippen molar-refractivity contribution in [1.82, 2.24) is 19.9 Å². The molecule has 6 heteroatoms. The topological polar surface area (TPSA) is 85.3 Å². The molecule has 0 fully saturated rings. The Morgan fingerprint density at radius 3 is 2.80 bits per heavy atom. The van der Waals surface area contributed by atoms with Crippen molar-refractivity contribution in [2.45, 2.75) is 39.3 Å². The fourth-order valence-corrected chi connectivity index (χ4v) is 2.16. The first-order valence-electron chi connectivity index (χ1n) is 6.84. The Balaban J connectivity index is 2.08. The normalized spacial score (nSPS) is 14.4. The SMILES string of the molecule is CC(C)C[C@@H](N)C(=O)NC(C)c1nnc2ccccn12. The molecule has 6 nitrogen and oxygen atoms in total. The largest absolute Gasteiger partial charge is 0.345 e. The monoisotopic (exact) mass is 275 g/mol. The molecule has 2 atom stereocenters. The zero-order valence-electron chi connectivity index (χ0n) is 12.1. The maximum atomic E-state index is 12.0. The lowest BCUT2D eigenvalue weighted by molar-refractivity contribution is -0.123. The van der Waals surface area contributed by atoms with Crippen LogP contribution in [0.3, 0.4) is 0 Å². The maximum absolute atomic E-state index is 12.0. The van der Waals surface area contributed by atoms with Crippen LogP contribution in [0.2, 0.25) is 0 Å². The summed E-state index contributed by atoms with van der Waals surface area (Å²) in [4.78, 5) is 12.0. The Morgan fingerprint density at radius 2 is 2.10 bits per heavy atom. The van der Waals surface area contributed by atoms with E-state index in [0.717, 1.165) is 5.65 Å². The third kappa shape index (κ3) is 3.14. The number of carbonyl (C=O) groups excluding carboxylic acids is 1. The zero-order chi connectivity index (χ0) is 14.7. The van der Waals surface area contributed by atoms with E-state index in [1.165, 1.54) is 0 Å². The summed E-state index contributed by atoms with van der Waals surface area (Å²) in [5.74, 6) is 0.935. The number of carbonyl (C=O) groups is 1. The smallest absolute Gasteiger partial charge is 0.237 e. The Labute approximate surface area is 118 Å². The lowest BCUT2D eigenvalue weighted by Crippen LogP contribution is -2.42. The molecule has 0 saturated heterocycles. The second-order valence-electron chi connectivity index (χ2n) is 5.45. The maximum Gasteiger partial charge on any atom is 0.237 e. The van der Waals surface area contributed by atoms with Gasteiger partial charge in [0, 0.05) is 6.20 Å². The van der Waals surface area contributed by atoms with Gasteiger partial charge < -0.3 is 11.1 Å². The van der Waals surface area contributed by atoms with E-state index in [-0.39, 0.29) is 11.9 Å².